The van der Waals surface area contributed by atoms with Gasteiger partial charge in [-0.3, -0.25) is 4.72 Å². The fraction of sp³-hybridized carbons (Fsp3) is 0.143. The van der Waals surface area contributed by atoms with Gasteiger partial charge in [0.05, 0.1) is 17.1 Å². The summed E-state index contributed by atoms with van der Waals surface area (Å²) in [6, 6.07) is 10.1. The van der Waals surface area contributed by atoms with Crippen LogP contribution in [0.2, 0.25) is 0 Å². The van der Waals surface area contributed by atoms with E-state index in [4.69, 9.17) is 5.73 Å². The standard InChI is InChI=1S/C14H16FN3O2S/c1-18(2)13-6-4-3-5-12(13)17-21(19,20)14-9-10(15)7-8-11(14)16/h3-9,17H,16H2,1-2H3. The molecule has 0 radical (unpaired) electrons. The zero-order valence-electron chi connectivity index (χ0n) is 11.7. The lowest BCUT2D eigenvalue weighted by molar-refractivity contribution is 0.596. The second-order valence-corrected chi connectivity index (χ2v) is 6.35. The highest BCUT2D eigenvalue weighted by Crippen LogP contribution is 2.28. The highest BCUT2D eigenvalue weighted by molar-refractivity contribution is 7.92. The minimum atomic E-state index is -3.96. The van der Waals surface area contributed by atoms with Gasteiger partial charge in [-0.1, -0.05) is 12.1 Å². The topological polar surface area (TPSA) is 75.4 Å². The molecule has 5 nitrogen and oxygen atoms in total. The average Bonchev–Trinajstić information content (AvgIpc) is 2.41. The van der Waals surface area contributed by atoms with Crippen LogP contribution in [0.4, 0.5) is 21.5 Å². The zero-order valence-corrected chi connectivity index (χ0v) is 12.5. The van der Waals surface area contributed by atoms with Gasteiger partial charge in [-0.05, 0) is 30.3 Å². The summed E-state index contributed by atoms with van der Waals surface area (Å²) >= 11 is 0. The van der Waals surface area contributed by atoms with Crippen LogP contribution in [-0.4, -0.2) is 22.5 Å². The number of halogens is 1. The molecule has 0 unspecified atom stereocenters. The second-order valence-electron chi connectivity index (χ2n) is 4.70. The number of nitrogens with two attached hydrogens (primary N) is 1. The fourth-order valence-corrected chi connectivity index (χ4v) is 3.11. The predicted octanol–water partition coefficient (Wildman–Crippen LogP) is 2.27. The maximum atomic E-state index is 13.3. The lowest BCUT2D eigenvalue weighted by atomic mass is 10.2. The molecule has 0 saturated carbocycles. The Bertz CT molecular complexity index is 761. The Morgan fingerprint density at radius 3 is 2.48 bits per heavy atom. The Morgan fingerprint density at radius 1 is 1.14 bits per heavy atom. The van der Waals surface area contributed by atoms with Crippen LogP contribution < -0.4 is 15.4 Å². The number of sulfonamides is 1. The highest BCUT2D eigenvalue weighted by Gasteiger charge is 2.20. The van der Waals surface area contributed by atoms with Crippen molar-refractivity contribution >= 4 is 27.1 Å². The van der Waals surface area contributed by atoms with Crippen LogP contribution in [0.3, 0.4) is 0 Å². The Morgan fingerprint density at radius 2 is 1.81 bits per heavy atom. The molecule has 0 fully saturated rings. The molecule has 0 aliphatic carbocycles. The van der Waals surface area contributed by atoms with Gasteiger partial charge in [0, 0.05) is 14.1 Å². The number of nitrogen functional groups attached to an aromatic ring is 1. The number of anilines is 3. The van der Waals surface area contributed by atoms with Crippen LogP contribution in [0.1, 0.15) is 0 Å². The third-order valence-electron chi connectivity index (χ3n) is 2.90. The first kappa shape index (κ1) is 15.1. The first-order valence-corrected chi connectivity index (χ1v) is 7.64. The smallest absolute Gasteiger partial charge is 0.264 e. The highest BCUT2D eigenvalue weighted by atomic mass is 32.2. The van der Waals surface area contributed by atoms with Crippen LogP contribution in [0.25, 0.3) is 0 Å². The molecule has 0 aliphatic rings. The van der Waals surface area contributed by atoms with Crippen LogP contribution in [0.15, 0.2) is 47.4 Å². The molecule has 3 N–H and O–H groups in total. The molecule has 0 bridgehead atoms. The van der Waals surface area contributed by atoms with E-state index in [-0.39, 0.29) is 10.6 Å². The maximum Gasteiger partial charge on any atom is 0.264 e. The van der Waals surface area contributed by atoms with Crippen LogP contribution in [0, 0.1) is 5.82 Å². The van der Waals surface area contributed by atoms with E-state index in [9.17, 15) is 12.8 Å². The van der Waals surface area contributed by atoms with Gasteiger partial charge in [0.2, 0.25) is 0 Å². The molecule has 0 heterocycles. The number of nitrogens with zero attached hydrogens (tertiary/aromatic N) is 1. The van der Waals surface area contributed by atoms with E-state index in [1.165, 1.54) is 6.07 Å². The van der Waals surface area contributed by atoms with Crippen molar-refractivity contribution in [2.24, 2.45) is 0 Å². The number of nitrogens with one attached hydrogen (secondary N) is 1. The summed E-state index contributed by atoms with van der Waals surface area (Å²) in [7, 11) is -0.374. The molecule has 0 saturated heterocycles. The van der Waals surface area contributed by atoms with Crippen molar-refractivity contribution < 1.29 is 12.8 Å². The van der Waals surface area contributed by atoms with E-state index in [1.807, 2.05) is 0 Å². The van der Waals surface area contributed by atoms with Gasteiger partial charge in [-0.15, -0.1) is 0 Å². The molecular weight excluding hydrogens is 293 g/mol. The van der Waals surface area contributed by atoms with Gasteiger partial charge >= 0.3 is 0 Å². The number of benzene rings is 2. The van der Waals surface area contributed by atoms with Crippen molar-refractivity contribution in [3.8, 4) is 0 Å². The van der Waals surface area contributed by atoms with E-state index in [2.05, 4.69) is 4.72 Å². The van der Waals surface area contributed by atoms with Crippen molar-refractivity contribution in [1.82, 2.24) is 0 Å². The van der Waals surface area contributed by atoms with Gasteiger partial charge in [-0.2, -0.15) is 0 Å². The maximum absolute atomic E-state index is 13.3. The summed E-state index contributed by atoms with van der Waals surface area (Å²) in [5, 5.41) is 0. The molecule has 2 aromatic carbocycles. The summed E-state index contributed by atoms with van der Waals surface area (Å²) in [5.74, 6) is -0.662. The molecule has 112 valence electrons. The first-order chi connectivity index (χ1) is 9.81. The van der Waals surface area contributed by atoms with Crippen molar-refractivity contribution in [1.29, 1.82) is 0 Å². The van der Waals surface area contributed by atoms with E-state index in [1.54, 1.807) is 43.3 Å². The Balaban J connectivity index is 2.45. The summed E-state index contributed by atoms with van der Waals surface area (Å²) in [6.07, 6.45) is 0. The van der Waals surface area contributed by atoms with Gasteiger partial charge in [0.1, 0.15) is 10.7 Å². The average molecular weight is 309 g/mol. The fourth-order valence-electron chi connectivity index (χ4n) is 1.89. The van der Waals surface area contributed by atoms with Crippen LogP contribution in [-0.2, 0) is 10.0 Å². The number of hydrogen-bond donors (Lipinski definition) is 2. The van der Waals surface area contributed by atoms with E-state index in [0.29, 0.717) is 11.4 Å². The molecule has 0 spiro atoms. The molecule has 0 aliphatic heterocycles. The van der Waals surface area contributed by atoms with E-state index < -0.39 is 15.8 Å². The van der Waals surface area contributed by atoms with Gasteiger partial charge in [0.25, 0.3) is 10.0 Å². The number of para-hydroxylation sites is 2. The molecule has 7 heteroatoms. The largest absolute Gasteiger partial charge is 0.398 e. The summed E-state index contributed by atoms with van der Waals surface area (Å²) in [6.45, 7) is 0. The van der Waals surface area contributed by atoms with Crippen LogP contribution >= 0.6 is 0 Å². The van der Waals surface area contributed by atoms with Crippen molar-refractivity contribution in [2.45, 2.75) is 4.90 Å². The molecular formula is C14H16FN3O2S. The van der Waals surface area contributed by atoms with Crippen molar-refractivity contribution in [3.05, 3.63) is 48.3 Å². The Labute approximate surface area is 123 Å². The zero-order chi connectivity index (χ0) is 15.6. The summed E-state index contributed by atoms with van der Waals surface area (Å²) in [4.78, 5) is 1.49. The first-order valence-electron chi connectivity index (χ1n) is 6.15. The quantitative estimate of drug-likeness (QED) is 0.850. The summed E-state index contributed by atoms with van der Waals surface area (Å²) < 4.78 is 40.5. The van der Waals surface area contributed by atoms with E-state index in [0.717, 1.165) is 12.1 Å². The molecule has 2 aromatic rings. The molecule has 0 amide bonds. The monoisotopic (exact) mass is 309 g/mol. The minimum Gasteiger partial charge on any atom is -0.398 e. The van der Waals surface area contributed by atoms with Gasteiger partial charge < -0.3 is 10.6 Å². The third-order valence-corrected chi connectivity index (χ3v) is 4.32. The third kappa shape index (κ3) is 3.25. The Kier molecular flexibility index (Phi) is 4.04. The lowest BCUT2D eigenvalue weighted by Gasteiger charge is -2.18. The van der Waals surface area contributed by atoms with Gasteiger partial charge in [-0.25, -0.2) is 12.8 Å². The molecule has 0 aromatic heterocycles. The van der Waals surface area contributed by atoms with E-state index >= 15 is 0 Å². The molecule has 2 rings (SSSR count). The summed E-state index contributed by atoms with van der Waals surface area (Å²) in [5.41, 5.74) is 6.71. The lowest BCUT2D eigenvalue weighted by Crippen LogP contribution is -2.18. The number of rotatable bonds is 4. The molecule has 0 atom stereocenters. The number of hydrogen-bond acceptors (Lipinski definition) is 4. The second kappa shape index (κ2) is 5.61. The minimum absolute atomic E-state index is 0.00812. The van der Waals surface area contributed by atoms with Crippen LogP contribution in [0.5, 0.6) is 0 Å². The Hall–Kier alpha value is -2.28. The van der Waals surface area contributed by atoms with Crippen molar-refractivity contribution in [2.75, 3.05) is 29.5 Å². The molecule has 21 heavy (non-hydrogen) atoms. The van der Waals surface area contributed by atoms with Crippen molar-refractivity contribution in [3.63, 3.8) is 0 Å². The normalized spacial score (nSPS) is 11.2. The van der Waals surface area contributed by atoms with Gasteiger partial charge in [0.15, 0.2) is 0 Å². The SMILES string of the molecule is CN(C)c1ccccc1NS(=O)(=O)c1cc(F)ccc1N. The predicted molar refractivity (Wildman–Crippen MR) is 82.4 cm³/mol.